The number of amides is 2. The predicted octanol–water partition coefficient (Wildman–Crippen LogP) is 6.05. The zero-order chi connectivity index (χ0) is 22.1. The lowest BCUT2D eigenvalue weighted by Gasteiger charge is -2.12. The summed E-state index contributed by atoms with van der Waals surface area (Å²) in [4.78, 5) is 37.2. The number of hydrogen-bond donors (Lipinski definition) is 0. The molecule has 0 saturated carbocycles. The van der Waals surface area contributed by atoms with Gasteiger partial charge in [0.25, 0.3) is 16.8 Å². The largest absolute Gasteiger partial charge is 0.457 e. The van der Waals surface area contributed by atoms with Gasteiger partial charge in [0.2, 0.25) is 0 Å². The number of hydrogen-bond acceptors (Lipinski definition) is 6. The van der Waals surface area contributed by atoms with Gasteiger partial charge >= 0.3 is 0 Å². The molecule has 2 heterocycles. The van der Waals surface area contributed by atoms with E-state index in [4.69, 9.17) is 16.0 Å². The molecular formula is C22H15ClN2O5S. The molecular weight excluding hydrogens is 440 g/mol. The first-order valence-electron chi connectivity index (χ1n) is 9.17. The molecule has 9 heteroatoms. The number of aryl methyl sites for hydroxylation is 1. The van der Waals surface area contributed by atoms with Crippen molar-refractivity contribution in [1.29, 1.82) is 0 Å². The van der Waals surface area contributed by atoms with Crippen LogP contribution in [-0.2, 0) is 11.3 Å². The first kappa shape index (κ1) is 20.9. The number of nitrogens with zero attached hydrogens (tertiary/aromatic N) is 2. The second-order valence-corrected chi connectivity index (χ2v) is 8.29. The maximum atomic E-state index is 12.7. The Labute approximate surface area is 186 Å². The van der Waals surface area contributed by atoms with Crippen molar-refractivity contribution in [3.63, 3.8) is 0 Å². The van der Waals surface area contributed by atoms with Crippen LogP contribution in [0, 0.1) is 17.0 Å². The van der Waals surface area contributed by atoms with E-state index >= 15 is 0 Å². The van der Waals surface area contributed by atoms with Crippen LogP contribution < -0.4 is 0 Å². The van der Waals surface area contributed by atoms with Crippen LogP contribution in [0.4, 0.5) is 10.5 Å². The molecule has 1 aromatic heterocycles. The molecule has 2 amide bonds. The fourth-order valence-electron chi connectivity index (χ4n) is 3.13. The van der Waals surface area contributed by atoms with E-state index in [0.717, 1.165) is 22.2 Å². The second-order valence-electron chi connectivity index (χ2n) is 6.86. The van der Waals surface area contributed by atoms with Gasteiger partial charge in [0.05, 0.1) is 16.4 Å². The number of nitro benzene ring substituents is 1. The third kappa shape index (κ3) is 4.40. The quantitative estimate of drug-likeness (QED) is 0.264. The molecule has 0 aliphatic carbocycles. The van der Waals surface area contributed by atoms with E-state index in [-0.39, 0.29) is 22.4 Å². The summed E-state index contributed by atoms with van der Waals surface area (Å²) in [7, 11) is 0. The minimum atomic E-state index is -0.446. The average molecular weight is 455 g/mol. The van der Waals surface area contributed by atoms with E-state index in [1.165, 1.54) is 12.1 Å². The molecule has 2 aromatic carbocycles. The maximum Gasteiger partial charge on any atom is 0.293 e. The van der Waals surface area contributed by atoms with Crippen LogP contribution in [0.25, 0.3) is 17.4 Å². The Morgan fingerprint density at radius 1 is 1.16 bits per heavy atom. The molecule has 31 heavy (non-hydrogen) atoms. The monoisotopic (exact) mass is 454 g/mol. The number of carbonyl (C=O) groups excluding carboxylic acids is 2. The molecule has 0 atom stereocenters. The Kier molecular flexibility index (Phi) is 5.67. The topological polar surface area (TPSA) is 93.7 Å². The lowest BCUT2D eigenvalue weighted by Crippen LogP contribution is -2.27. The number of thioether (sulfide) groups is 1. The van der Waals surface area contributed by atoms with E-state index in [9.17, 15) is 19.7 Å². The van der Waals surface area contributed by atoms with Crippen molar-refractivity contribution in [3.05, 3.63) is 91.5 Å². The van der Waals surface area contributed by atoms with Crippen LogP contribution >= 0.6 is 23.4 Å². The molecule has 4 rings (SSSR count). The van der Waals surface area contributed by atoms with Gasteiger partial charge in [-0.15, -0.1) is 0 Å². The van der Waals surface area contributed by atoms with Crippen molar-refractivity contribution in [2.75, 3.05) is 0 Å². The maximum absolute atomic E-state index is 12.7. The standard InChI is InChI=1S/C22H15ClN2O5S/c1-13-5-6-15(10-18(13)25(28)29)19-8-7-17(30-19)11-20-21(26)24(22(27)31-20)12-14-3-2-4-16(23)9-14/h2-11H,12H2,1H3/b20-11-. The minimum Gasteiger partial charge on any atom is -0.457 e. The zero-order valence-corrected chi connectivity index (χ0v) is 17.8. The Balaban J connectivity index is 1.55. The van der Waals surface area contributed by atoms with Crippen LogP contribution in [0.1, 0.15) is 16.9 Å². The van der Waals surface area contributed by atoms with Crippen molar-refractivity contribution < 1.29 is 18.9 Å². The van der Waals surface area contributed by atoms with Gasteiger partial charge in [-0.1, -0.05) is 35.9 Å². The molecule has 1 aliphatic rings. The highest BCUT2D eigenvalue weighted by atomic mass is 35.5. The van der Waals surface area contributed by atoms with Crippen molar-refractivity contribution in [3.8, 4) is 11.3 Å². The fourth-order valence-corrected chi connectivity index (χ4v) is 4.16. The van der Waals surface area contributed by atoms with Gasteiger partial charge < -0.3 is 4.42 Å². The summed E-state index contributed by atoms with van der Waals surface area (Å²) in [5, 5.41) is 11.3. The van der Waals surface area contributed by atoms with Gasteiger partial charge in [0.1, 0.15) is 11.5 Å². The fraction of sp³-hybridized carbons (Fsp3) is 0.0909. The van der Waals surface area contributed by atoms with E-state index in [1.54, 1.807) is 55.5 Å². The van der Waals surface area contributed by atoms with Crippen LogP contribution in [0.5, 0.6) is 0 Å². The van der Waals surface area contributed by atoms with E-state index < -0.39 is 10.8 Å². The van der Waals surface area contributed by atoms with E-state index in [2.05, 4.69) is 0 Å². The summed E-state index contributed by atoms with van der Waals surface area (Å²) < 4.78 is 5.75. The SMILES string of the molecule is Cc1ccc(-c2ccc(/C=C3\SC(=O)N(Cc4cccc(Cl)c4)C3=O)o2)cc1[N+](=O)[O-]. The predicted molar refractivity (Wildman–Crippen MR) is 119 cm³/mol. The number of halogens is 1. The minimum absolute atomic E-state index is 0.00224. The first-order chi connectivity index (χ1) is 14.8. The third-order valence-corrected chi connectivity index (χ3v) is 5.84. The Bertz CT molecular complexity index is 1250. The van der Waals surface area contributed by atoms with E-state index in [0.29, 0.717) is 27.7 Å². The van der Waals surface area contributed by atoms with Gasteiger partial charge in [-0.2, -0.15) is 0 Å². The normalized spacial score (nSPS) is 15.2. The van der Waals surface area contributed by atoms with Gasteiger partial charge in [-0.05, 0) is 48.5 Å². The Morgan fingerprint density at radius 2 is 1.97 bits per heavy atom. The summed E-state index contributed by atoms with van der Waals surface area (Å²) in [5.74, 6) is 0.373. The van der Waals surface area contributed by atoms with Gasteiger partial charge in [-0.3, -0.25) is 24.6 Å². The van der Waals surface area contributed by atoms with Crippen molar-refractivity contribution in [2.24, 2.45) is 0 Å². The number of rotatable bonds is 5. The lowest BCUT2D eigenvalue weighted by molar-refractivity contribution is -0.385. The van der Waals surface area contributed by atoms with Crippen molar-refractivity contribution in [1.82, 2.24) is 4.90 Å². The Morgan fingerprint density at radius 3 is 2.71 bits per heavy atom. The molecule has 156 valence electrons. The number of benzene rings is 2. The summed E-state index contributed by atoms with van der Waals surface area (Å²) in [5.41, 5.74) is 1.84. The van der Waals surface area contributed by atoms with Crippen molar-refractivity contribution in [2.45, 2.75) is 13.5 Å². The molecule has 3 aromatic rings. The highest BCUT2D eigenvalue weighted by molar-refractivity contribution is 8.18. The van der Waals surface area contributed by atoms with Crippen molar-refractivity contribution >= 4 is 46.3 Å². The molecule has 1 saturated heterocycles. The first-order valence-corrected chi connectivity index (χ1v) is 10.4. The van der Waals surface area contributed by atoms with E-state index in [1.807, 2.05) is 0 Å². The van der Waals surface area contributed by atoms with Gasteiger partial charge in [0.15, 0.2) is 0 Å². The molecule has 1 aliphatic heterocycles. The summed E-state index contributed by atoms with van der Waals surface area (Å²) in [6, 6.07) is 15.1. The molecule has 0 radical (unpaired) electrons. The highest BCUT2D eigenvalue weighted by Crippen LogP contribution is 2.35. The molecule has 0 bridgehead atoms. The van der Waals surface area contributed by atoms with Crippen LogP contribution in [-0.4, -0.2) is 21.0 Å². The summed E-state index contributed by atoms with van der Waals surface area (Å²) in [6.45, 7) is 1.79. The number of imide groups is 1. The second kappa shape index (κ2) is 8.41. The summed E-state index contributed by atoms with van der Waals surface area (Å²) in [6.07, 6.45) is 1.50. The average Bonchev–Trinajstić information content (AvgIpc) is 3.29. The van der Waals surface area contributed by atoms with Crippen LogP contribution in [0.3, 0.4) is 0 Å². The molecule has 1 fully saturated rings. The molecule has 0 N–H and O–H groups in total. The highest BCUT2D eigenvalue weighted by Gasteiger charge is 2.35. The zero-order valence-electron chi connectivity index (χ0n) is 16.2. The molecule has 0 unspecified atom stereocenters. The molecule has 0 spiro atoms. The number of nitro groups is 1. The molecule has 7 nitrogen and oxygen atoms in total. The summed E-state index contributed by atoms with van der Waals surface area (Å²) >= 11 is 6.80. The number of furan rings is 1. The number of carbonyl (C=O) groups is 2. The van der Waals surface area contributed by atoms with Gasteiger partial charge in [0, 0.05) is 28.3 Å². The lowest BCUT2D eigenvalue weighted by atomic mass is 10.1. The Hall–Kier alpha value is -3.36. The van der Waals surface area contributed by atoms with Crippen LogP contribution in [0.2, 0.25) is 5.02 Å². The van der Waals surface area contributed by atoms with Crippen LogP contribution in [0.15, 0.2) is 63.9 Å². The third-order valence-electron chi connectivity index (χ3n) is 4.69. The smallest absolute Gasteiger partial charge is 0.293 e. The van der Waals surface area contributed by atoms with Gasteiger partial charge in [-0.25, -0.2) is 0 Å².